The van der Waals surface area contributed by atoms with Crippen molar-refractivity contribution in [2.75, 3.05) is 0 Å². The second-order valence-corrected chi connectivity index (χ2v) is 4.66. The normalized spacial score (nSPS) is 12.3. The number of hydrogen-bond acceptors (Lipinski definition) is 3. The van der Waals surface area contributed by atoms with Gasteiger partial charge in [-0.3, -0.25) is 9.59 Å². The monoisotopic (exact) mass is 311 g/mol. The van der Waals surface area contributed by atoms with Crippen LogP contribution in [0.4, 0.5) is 0 Å². The molecule has 0 spiro atoms. The molecule has 0 aliphatic rings. The Bertz CT molecular complexity index is 620. The van der Waals surface area contributed by atoms with E-state index < -0.39 is 17.9 Å². The van der Waals surface area contributed by atoms with Crippen molar-refractivity contribution in [3.05, 3.63) is 34.5 Å². The third-order valence-corrected chi connectivity index (χ3v) is 3.06. The molecular formula is C12H10BrNO4. The number of fused-ring (bicyclic) bond motifs is 1. The van der Waals surface area contributed by atoms with Crippen LogP contribution in [-0.4, -0.2) is 23.0 Å². The van der Waals surface area contributed by atoms with E-state index in [1.54, 1.807) is 18.2 Å². The first kappa shape index (κ1) is 12.6. The van der Waals surface area contributed by atoms with Crippen LogP contribution in [0.25, 0.3) is 11.0 Å². The van der Waals surface area contributed by atoms with Crippen LogP contribution in [0.3, 0.4) is 0 Å². The SMILES string of the molecule is CC(NC(=O)c1cc2cccc(Br)c2o1)C(=O)O. The molecule has 0 aliphatic heterocycles. The van der Waals surface area contributed by atoms with Crippen molar-refractivity contribution in [3.8, 4) is 0 Å². The Kier molecular flexibility index (Phi) is 3.38. The van der Waals surface area contributed by atoms with Crippen LogP contribution < -0.4 is 5.32 Å². The lowest BCUT2D eigenvalue weighted by Gasteiger charge is -2.06. The third kappa shape index (κ3) is 2.38. The maximum Gasteiger partial charge on any atom is 0.325 e. The lowest BCUT2D eigenvalue weighted by atomic mass is 10.2. The van der Waals surface area contributed by atoms with Gasteiger partial charge in [0.1, 0.15) is 11.6 Å². The Morgan fingerprint density at radius 2 is 2.17 bits per heavy atom. The Morgan fingerprint density at radius 3 is 2.78 bits per heavy atom. The highest BCUT2D eigenvalue weighted by molar-refractivity contribution is 9.10. The number of benzene rings is 1. The van der Waals surface area contributed by atoms with Gasteiger partial charge in [0.2, 0.25) is 0 Å². The molecule has 1 amide bonds. The topological polar surface area (TPSA) is 79.5 Å². The molecule has 0 aliphatic carbocycles. The van der Waals surface area contributed by atoms with Crippen LogP contribution in [0.2, 0.25) is 0 Å². The van der Waals surface area contributed by atoms with Gasteiger partial charge in [-0.25, -0.2) is 0 Å². The highest BCUT2D eigenvalue weighted by Crippen LogP contribution is 2.26. The number of hydrogen-bond donors (Lipinski definition) is 2. The van der Waals surface area contributed by atoms with E-state index in [9.17, 15) is 9.59 Å². The number of rotatable bonds is 3. The number of amides is 1. The van der Waals surface area contributed by atoms with E-state index in [-0.39, 0.29) is 5.76 Å². The minimum atomic E-state index is -1.10. The van der Waals surface area contributed by atoms with Crippen molar-refractivity contribution < 1.29 is 19.1 Å². The van der Waals surface area contributed by atoms with Crippen molar-refractivity contribution in [1.29, 1.82) is 0 Å². The molecule has 1 aromatic carbocycles. The minimum absolute atomic E-state index is 0.0880. The predicted molar refractivity (Wildman–Crippen MR) is 68.5 cm³/mol. The molecule has 6 heteroatoms. The summed E-state index contributed by atoms with van der Waals surface area (Å²) >= 11 is 3.31. The first-order valence-corrected chi connectivity index (χ1v) is 6.00. The average Bonchev–Trinajstić information content (AvgIpc) is 2.74. The van der Waals surface area contributed by atoms with Crippen LogP contribution >= 0.6 is 15.9 Å². The largest absolute Gasteiger partial charge is 0.480 e. The summed E-state index contributed by atoms with van der Waals surface area (Å²) < 4.78 is 6.13. The third-order valence-electron chi connectivity index (χ3n) is 2.44. The molecule has 2 aromatic rings. The van der Waals surface area contributed by atoms with Gasteiger partial charge >= 0.3 is 5.97 Å². The molecule has 1 unspecified atom stereocenters. The van der Waals surface area contributed by atoms with Crippen molar-refractivity contribution in [2.45, 2.75) is 13.0 Å². The molecule has 0 bridgehead atoms. The molecule has 2 N–H and O–H groups in total. The number of carboxylic acids is 1. The van der Waals surface area contributed by atoms with Gasteiger partial charge in [0, 0.05) is 5.39 Å². The Balaban J connectivity index is 2.29. The molecule has 1 atom stereocenters. The zero-order valence-electron chi connectivity index (χ0n) is 9.44. The van der Waals surface area contributed by atoms with Gasteiger partial charge < -0.3 is 14.8 Å². The van der Waals surface area contributed by atoms with Crippen molar-refractivity contribution in [3.63, 3.8) is 0 Å². The van der Waals surface area contributed by atoms with Gasteiger partial charge in [0.25, 0.3) is 5.91 Å². The molecule has 5 nitrogen and oxygen atoms in total. The fourth-order valence-electron chi connectivity index (χ4n) is 1.47. The molecule has 2 rings (SSSR count). The van der Waals surface area contributed by atoms with Crippen molar-refractivity contribution >= 4 is 38.8 Å². The first-order chi connectivity index (χ1) is 8.49. The summed E-state index contributed by atoms with van der Waals surface area (Å²) in [5, 5.41) is 11.8. The average molecular weight is 312 g/mol. The summed E-state index contributed by atoms with van der Waals surface area (Å²) in [5.74, 6) is -1.56. The zero-order chi connectivity index (χ0) is 13.3. The van der Waals surface area contributed by atoms with Crippen LogP contribution in [0.1, 0.15) is 17.5 Å². The summed E-state index contributed by atoms with van der Waals surface area (Å²) in [6.45, 7) is 1.39. The smallest absolute Gasteiger partial charge is 0.325 e. The van der Waals surface area contributed by atoms with Gasteiger partial charge in [-0.2, -0.15) is 0 Å². The van der Waals surface area contributed by atoms with E-state index in [0.717, 1.165) is 9.86 Å². The molecule has 1 aromatic heterocycles. The van der Waals surface area contributed by atoms with Gasteiger partial charge in [0.05, 0.1) is 4.47 Å². The molecule has 18 heavy (non-hydrogen) atoms. The second kappa shape index (κ2) is 4.81. The van der Waals surface area contributed by atoms with E-state index in [2.05, 4.69) is 21.2 Å². The molecule has 94 valence electrons. The van der Waals surface area contributed by atoms with Crippen molar-refractivity contribution in [1.82, 2.24) is 5.32 Å². The van der Waals surface area contributed by atoms with Gasteiger partial charge in [-0.05, 0) is 35.0 Å². The molecular weight excluding hydrogens is 302 g/mol. The fourth-order valence-corrected chi connectivity index (χ4v) is 1.93. The fraction of sp³-hybridized carbons (Fsp3) is 0.167. The minimum Gasteiger partial charge on any atom is -0.480 e. The number of carbonyl (C=O) groups is 2. The number of aliphatic carboxylic acids is 1. The zero-order valence-corrected chi connectivity index (χ0v) is 11.0. The molecule has 0 radical (unpaired) electrons. The van der Waals surface area contributed by atoms with Crippen LogP contribution in [0, 0.1) is 0 Å². The van der Waals surface area contributed by atoms with Crippen LogP contribution in [0.15, 0.2) is 33.2 Å². The van der Waals surface area contributed by atoms with Crippen LogP contribution in [-0.2, 0) is 4.79 Å². The van der Waals surface area contributed by atoms with Crippen LogP contribution in [0.5, 0.6) is 0 Å². The van der Waals surface area contributed by atoms with E-state index in [1.807, 2.05) is 6.07 Å². The highest BCUT2D eigenvalue weighted by Gasteiger charge is 2.18. The summed E-state index contributed by atoms with van der Waals surface area (Å²) in [4.78, 5) is 22.4. The van der Waals surface area contributed by atoms with E-state index in [1.165, 1.54) is 6.92 Å². The summed E-state index contributed by atoms with van der Waals surface area (Å²) in [7, 11) is 0. The number of carboxylic acid groups (broad SMARTS) is 1. The van der Waals surface area contributed by atoms with E-state index in [0.29, 0.717) is 5.58 Å². The summed E-state index contributed by atoms with van der Waals surface area (Å²) in [6, 6.07) is 6.04. The Labute approximate surface area is 111 Å². The van der Waals surface area contributed by atoms with Crippen molar-refractivity contribution in [2.24, 2.45) is 0 Å². The van der Waals surface area contributed by atoms with E-state index in [4.69, 9.17) is 9.52 Å². The summed E-state index contributed by atoms with van der Waals surface area (Å²) in [6.07, 6.45) is 0. The predicted octanol–water partition coefficient (Wildman–Crippen LogP) is 2.40. The molecule has 0 fully saturated rings. The number of furan rings is 1. The highest BCUT2D eigenvalue weighted by atomic mass is 79.9. The number of nitrogens with one attached hydrogen (secondary N) is 1. The second-order valence-electron chi connectivity index (χ2n) is 3.80. The van der Waals surface area contributed by atoms with Gasteiger partial charge in [-0.15, -0.1) is 0 Å². The maximum absolute atomic E-state index is 11.8. The molecule has 0 saturated carbocycles. The lowest BCUT2D eigenvalue weighted by molar-refractivity contribution is -0.138. The number of halogens is 1. The van der Waals surface area contributed by atoms with Gasteiger partial charge in [-0.1, -0.05) is 12.1 Å². The standard InChI is InChI=1S/C12H10BrNO4/c1-6(12(16)17)14-11(15)9-5-7-3-2-4-8(13)10(7)18-9/h2-6H,1H3,(H,14,15)(H,16,17). The quantitative estimate of drug-likeness (QED) is 0.912. The molecule has 0 saturated heterocycles. The Morgan fingerprint density at radius 1 is 1.44 bits per heavy atom. The summed E-state index contributed by atoms with van der Waals surface area (Å²) in [5.41, 5.74) is 0.561. The number of para-hydroxylation sites is 1. The first-order valence-electron chi connectivity index (χ1n) is 5.21. The maximum atomic E-state index is 11.8. The number of carbonyl (C=O) groups excluding carboxylic acids is 1. The van der Waals surface area contributed by atoms with Gasteiger partial charge in [0.15, 0.2) is 5.76 Å². The Hall–Kier alpha value is -1.82. The van der Waals surface area contributed by atoms with E-state index >= 15 is 0 Å². The molecule has 1 heterocycles. The lowest BCUT2D eigenvalue weighted by Crippen LogP contribution is -2.38.